The Bertz CT molecular complexity index is 1980. The van der Waals surface area contributed by atoms with Gasteiger partial charge in [0.2, 0.25) is 11.9 Å². The Hall–Kier alpha value is -1.63. The number of unbranched alkanes of at least 4 members (excludes halogenated alkanes) is 30. The molecular formula is C71H117N5S6. The van der Waals surface area contributed by atoms with Gasteiger partial charge in [-0.3, -0.25) is 0 Å². The minimum Gasteiger partial charge on any atom is -0.324 e. The molecule has 82 heavy (non-hydrogen) atoms. The Morgan fingerprint density at radius 3 is 0.817 bits per heavy atom. The van der Waals surface area contributed by atoms with Crippen LogP contribution in [0.1, 0.15) is 285 Å². The van der Waals surface area contributed by atoms with Crippen LogP contribution < -0.4 is 10.6 Å². The van der Waals surface area contributed by atoms with E-state index in [1.165, 1.54) is 278 Å². The van der Waals surface area contributed by atoms with Gasteiger partial charge >= 0.3 is 0 Å². The summed E-state index contributed by atoms with van der Waals surface area (Å²) < 4.78 is 0. The average molecular weight is 1230 g/mol. The zero-order valence-electron chi connectivity index (χ0n) is 53.3. The Kier molecular flexibility index (Phi) is 43.9. The standard InChI is InChI=1S/C71H117N5S6/c1-8-15-21-27-33-39-49-77-63-55-61(56-64(78-50-40-34-28-22-16-9-2)67(63)81-53-43-37-31-25-19-12-5)72-70-74-69(60-47-45-59(14-7)46-48-60)75-71(76-70)73-62-57-65(79-51-41-35-29-23-17-10-3)68(82-54-44-38-32-26-20-13-6)66(58-62)80-52-42-36-30-24-18-11-4/h45-48,55-58H,8-44,49-54H2,1-7H3,(H2,72,73,74,75,76). The van der Waals surface area contributed by atoms with E-state index in [0.717, 1.165) is 46.4 Å². The van der Waals surface area contributed by atoms with E-state index in [0.29, 0.717) is 17.7 Å². The van der Waals surface area contributed by atoms with Crippen molar-refractivity contribution in [3.8, 4) is 11.4 Å². The van der Waals surface area contributed by atoms with Gasteiger partial charge in [0.1, 0.15) is 0 Å². The third-order valence-corrected chi connectivity index (χ3v) is 22.8. The Balaban J connectivity index is 1.78. The second-order valence-corrected chi connectivity index (χ2v) is 29.7. The molecule has 0 aliphatic rings. The molecule has 0 aliphatic carbocycles. The first-order chi connectivity index (χ1) is 40.5. The summed E-state index contributed by atoms with van der Waals surface area (Å²) in [5, 5.41) is 7.70. The minimum atomic E-state index is 0.583. The van der Waals surface area contributed by atoms with Gasteiger partial charge in [0.25, 0.3) is 0 Å². The second-order valence-electron chi connectivity index (χ2n) is 22.9. The van der Waals surface area contributed by atoms with Gasteiger partial charge in [-0.2, -0.15) is 15.0 Å². The van der Waals surface area contributed by atoms with Crippen LogP contribution in [-0.2, 0) is 6.42 Å². The van der Waals surface area contributed by atoms with Crippen LogP contribution in [0.2, 0.25) is 0 Å². The van der Waals surface area contributed by atoms with Gasteiger partial charge in [-0.25, -0.2) is 0 Å². The van der Waals surface area contributed by atoms with E-state index in [1.54, 1.807) is 0 Å². The molecule has 0 saturated heterocycles. The maximum atomic E-state index is 5.29. The van der Waals surface area contributed by atoms with Crippen molar-refractivity contribution >= 4 is 93.8 Å². The summed E-state index contributed by atoms with van der Waals surface area (Å²) in [6.07, 6.45) is 48.6. The molecule has 462 valence electrons. The number of benzene rings is 3. The van der Waals surface area contributed by atoms with Crippen molar-refractivity contribution in [2.45, 2.75) is 315 Å². The number of nitrogens with one attached hydrogen (secondary N) is 2. The van der Waals surface area contributed by atoms with E-state index in [9.17, 15) is 0 Å². The van der Waals surface area contributed by atoms with Crippen molar-refractivity contribution < 1.29 is 0 Å². The zero-order valence-corrected chi connectivity index (χ0v) is 58.2. The molecular weight excluding hydrogens is 1120 g/mol. The van der Waals surface area contributed by atoms with E-state index < -0.39 is 0 Å². The third kappa shape index (κ3) is 32.4. The largest absolute Gasteiger partial charge is 0.324 e. The van der Waals surface area contributed by atoms with Gasteiger partial charge in [0.15, 0.2) is 5.82 Å². The molecule has 5 nitrogen and oxygen atoms in total. The summed E-state index contributed by atoms with van der Waals surface area (Å²) in [6.45, 7) is 16.1. The summed E-state index contributed by atoms with van der Waals surface area (Å²) in [4.78, 5) is 24.4. The highest BCUT2D eigenvalue weighted by Gasteiger charge is 2.19. The fourth-order valence-electron chi connectivity index (χ4n) is 10.1. The van der Waals surface area contributed by atoms with Crippen LogP contribution in [0.15, 0.2) is 77.9 Å². The van der Waals surface area contributed by atoms with Crippen LogP contribution in [-0.4, -0.2) is 49.5 Å². The molecule has 4 rings (SSSR count). The highest BCUT2D eigenvalue weighted by atomic mass is 32.2. The molecule has 11 heteroatoms. The molecule has 0 radical (unpaired) electrons. The quantitative estimate of drug-likeness (QED) is 0.0328. The molecule has 3 aromatic carbocycles. The number of hydrogen-bond acceptors (Lipinski definition) is 11. The Labute approximate surface area is 530 Å². The highest BCUT2D eigenvalue weighted by Crippen LogP contribution is 2.45. The molecule has 0 atom stereocenters. The molecule has 0 bridgehead atoms. The molecule has 0 fully saturated rings. The molecule has 0 aliphatic heterocycles. The monoisotopic (exact) mass is 1230 g/mol. The lowest BCUT2D eigenvalue weighted by molar-refractivity contribution is 0.626. The number of anilines is 4. The molecule has 1 aromatic heterocycles. The van der Waals surface area contributed by atoms with Crippen molar-refractivity contribution in [1.82, 2.24) is 15.0 Å². The van der Waals surface area contributed by atoms with Gasteiger partial charge in [0.05, 0.1) is 0 Å². The van der Waals surface area contributed by atoms with E-state index in [2.05, 4.69) is 178 Å². The minimum absolute atomic E-state index is 0.583. The van der Waals surface area contributed by atoms with Gasteiger partial charge in [0, 0.05) is 46.3 Å². The molecule has 0 unspecified atom stereocenters. The van der Waals surface area contributed by atoms with Gasteiger partial charge in [-0.15, -0.1) is 70.6 Å². The van der Waals surface area contributed by atoms with Crippen molar-refractivity contribution in [3.63, 3.8) is 0 Å². The molecule has 0 amide bonds. The molecule has 4 aromatic rings. The van der Waals surface area contributed by atoms with Crippen LogP contribution in [0.5, 0.6) is 0 Å². The lowest BCUT2D eigenvalue weighted by Gasteiger charge is -2.19. The summed E-state index contributed by atoms with van der Waals surface area (Å²) >= 11 is 12.5. The fraction of sp³-hybridized carbons (Fsp3) is 0.704. The van der Waals surface area contributed by atoms with Crippen LogP contribution in [0.25, 0.3) is 11.4 Å². The Morgan fingerprint density at radius 2 is 0.549 bits per heavy atom. The highest BCUT2D eigenvalue weighted by molar-refractivity contribution is 8.04. The first-order valence-corrected chi connectivity index (χ1v) is 39.9. The third-order valence-electron chi connectivity index (χ3n) is 15.3. The number of nitrogens with zero attached hydrogens (tertiary/aromatic N) is 3. The predicted octanol–water partition coefficient (Wildman–Crippen LogP) is 26.3. The van der Waals surface area contributed by atoms with E-state index in [-0.39, 0.29) is 0 Å². The summed E-state index contributed by atoms with van der Waals surface area (Å²) in [5.41, 5.74) is 4.45. The first kappa shape index (κ1) is 72.8. The number of thioether (sulfide) groups is 6. The SMILES string of the molecule is CCCCCCCCSc1cc(Nc2nc(Nc3cc(SCCCCCCCC)c(SCCCCCCCC)c(SCCCCCCCC)c3)nc(-c3ccc(CC)cc3)n2)cc(SCCCCCCCC)c1SCCCCCCCC. The van der Waals surface area contributed by atoms with Crippen molar-refractivity contribution in [2.75, 3.05) is 45.2 Å². The summed E-state index contributed by atoms with van der Waals surface area (Å²) in [7, 11) is 0. The topological polar surface area (TPSA) is 62.7 Å². The van der Waals surface area contributed by atoms with Gasteiger partial charge < -0.3 is 10.6 Å². The van der Waals surface area contributed by atoms with Gasteiger partial charge in [-0.05, 0) is 109 Å². The Morgan fingerprint density at radius 1 is 0.293 bits per heavy atom. The van der Waals surface area contributed by atoms with Crippen LogP contribution in [0.4, 0.5) is 23.3 Å². The van der Waals surface area contributed by atoms with Crippen LogP contribution >= 0.6 is 70.6 Å². The number of rotatable bonds is 54. The smallest absolute Gasteiger partial charge is 0.232 e. The van der Waals surface area contributed by atoms with Crippen LogP contribution in [0.3, 0.4) is 0 Å². The zero-order chi connectivity index (χ0) is 58.3. The van der Waals surface area contributed by atoms with E-state index >= 15 is 0 Å². The lowest BCUT2D eigenvalue weighted by Crippen LogP contribution is -2.06. The molecule has 0 saturated carbocycles. The predicted molar refractivity (Wildman–Crippen MR) is 379 cm³/mol. The molecule has 0 spiro atoms. The summed E-state index contributed by atoms with van der Waals surface area (Å²) in [6, 6.07) is 18.5. The van der Waals surface area contributed by atoms with Crippen molar-refractivity contribution in [3.05, 3.63) is 54.1 Å². The lowest BCUT2D eigenvalue weighted by atomic mass is 10.1. The maximum absolute atomic E-state index is 5.29. The van der Waals surface area contributed by atoms with Crippen molar-refractivity contribution in [1.29, 1.82) is 0 Å². The van der Waals surface area contributed by atoms with Gasteiger partial charge in [-0.1, -0.05) is 265 Å². The van der Waals surface area contributed by atoms with Crippen molar-refractivity contribution in [2.24, 2.45) is 0 Å². The fourth-order valence-corrected chi connectivity index (χ4v) is 17.7. The average Bonchev–Trinajstić information content (AvgIpc) is 3.69. The maximum Gasteiger partial charge on any atom is 0.232 e. The second kappa shape index (κ2) is 49.4. The number of aryl methyl sites for hydroxylation is 1. The first-order valence-electron chi connectivity index (χ1n) is 34.0. The summed E-state index contributed by atoms with van der Waals surface area (Å²) in [5.74, 6) is 8.79. The van der Waals surface area contributed by atoms with E-state index in [1.807, 2.05) is 0 Å². The van der Waals surface area contributed by atoms with E-state index in [4.69, 9.17) is 15.0 Å². The molecule has 2 N–H and O–H groups in total. The molecule has 1 heterocycles. The van der Waals surface area contributed by atoms with Crippen LogP contribution in [0, 0.1) is 0 Å². The number of aromatic nitrogens is 3. The number of hydrogen-bond donors (Lipinski definition) is 2. The normalized spacial score (nSPS) is 11.5.